The van der Waals surface area contributed by atoms with Gasteiger partial charge in [0.05, 0.1) is 0 Å². The molecule has 0 aromatic carbocycles. The standard InChI is InChI=1S/C13H18BrN5O/c1-9-15-11(8-12-16-17-13(20)19(9)12)18-7-3-2-4-10(18)5-6-14/h8,10H,2-7H2,1H3,(H,17,20). The van der Waals surface area contributed by atoms with E-state index in [1.165, 1.54) is 23.7 Å². The Morgan fingerprint density at radius 1 is 1.50 bits per heavy atom. The third-order valence-corrected chi connectivity index (χ3v) is 4.38. The first-order valence-electron chi connectivity index (χ1n) is 6.98. The molecule has 3 heterocycles. The van der Waals surface area contributed by atoms with Crippen LogP contribution in [-0.4, -0.2) is 37.5 Å². The molecule has 3 rings (SSSR count). The van der Waals surface area contributed by atoms with E-state index in [0.29, 0.717) is 17.5 Å². The van der Waals surface area contributed by atoms with Gasteiger partial charge in [-0.1, -0.05) is 15.9 Å². The zero-order valence-electron chi connectivity index (χ0n) is 11.5. The summed E-state index contributed by atoms with van der Waals surface area (Å²) >= 11 is 3.53. The fraction of sp³-hybridized carbons (Fsp3) is 0.615. The van der Waals surface area contributed by atoms with Crippen LogP contribution in [0.5, 0.6) is 0 Å². The first-order chi connectivity index (χ1) is 9.70. The number of aryl methyl sites for hydroxylation is 1. The molecule has 1 unspecified atom stereocenters. The minimum atomic E-state index is -0.229. The van der Waals surface area contributed by atoms with E-state index < -0.39 is 0 Å². The molecule has 0 bridgehead atoms. The molecule has 1 saturated heterocycles. The van der Waals surface area contributed by atoms with Crippen molar-refractivity contribution in [2.45, 2.75) is 38.6 Å². The van der Waals surface area contributed by atoms with Crippen LogP contribution < -0.4 is 10.6 Å². The largest absolute Gasteiger partial charge is 0.353 e. The molecule has 1 atom stereocenters. The number of fused-ring (bicyclic) bond motifs is 1. The highest BCUT2D eigenvalue weighted by molar-refractivity contribution is 9.09. The summed E-state index contributed by atoms with van der Waals surface area (Å²) in [4.78, 5) is 18.6. The van der Waals surface area contributed by atoms with Crippen molar-refractivity contribution in [3.8, 4) is 0 Å². The van der Waals surface area contributed by atoms with Gasteiger partial charge in [-0.3, -0.25) is 0 Å². The highest BCUT2D eigenvalue weighted by Gasteiger charge is 2.24. The van der Waals surface area contributed by atoms with Crippen molar-refractivity contribution < 1.29 is 0 Å². The zero-order valence-corrected chi connectivity index (χ0v) is 13.1. The minimum absolute atomic E-state index is 0.229. The monoisotopic (exact) mass is 339 g/mol. The van der Waals surface area contributed by atoms with Crippen molar-refractivity contribution >= 4 is 27.4 Å². The lowest BCUT2D eigenvalue weighted by molar-refractivity contribution is 0.449. The summed E-state index contributed by atoms with van der Waals surface area (Å²) < 4.78 is 1.51. The highest BCUT2D eigenvalue weighted by Crippen LogP contribution is 2.26. The molecule has 108 valence electrons. The van der Waals surface area contributed by atoms with Crippen LogP contribution in [0.1, 0.15) is 31.5 Å². The maximum Gasteiger partial charge on any atom is 0.349 e. The number of anilines is 1. The summed E-state index contributed by atoms with van der Waals surface area (Å²) in [6.07, 6.45) is 4.78. The number of rotatable bonds is 3. The molecule has 0 radical (unpaired) electrons. The third-order valence-electron chi connectivity index (χ3n) is 3.92. The van der Waals surface area contributed by atoms with Gasteiger partial charge >= 0.3 is 5.69 Å². The first kappa shape index (κ1) is 13.6. The minimum Gasteiger partial charge on any atom is -0.353 e. The summed E-state index contributed by atoms with van der Waals surface area (Å²) in [7, 11) is 0. The quantitative estimate of drug-likeness (QED) is 0.867. The fourth-order valence-corrected chi connectivity index (χ4v) is 3.49. The fourth-order valence-electron chi connectivity index (χ4n) is 2.96. The molecule has 2 aromatic heterocycles. The van der Waals surface area contributed by atoms with Gasteiger partial charge in [0.2, 0.25) is 0 Å². The van der Waals surface area contributed by atoms with E-state index in [1.54, 1.807) is 0 Å². The van der Waals surface area contributed by atoms with Crippen LogP contribution in [-0.2, 0) is 0 Å². The molecule has 0 amide bonds. The Kier molecular flexibility index (Phi) is 3.78. The van der Waals surface area contributed by atoms with Crippen molar-refractivity contribution in [2.75, 3.05) is 16.8 Å². The van der Waals surface area contributed by atoms with E-state index in [4.69, 9.17) is 0 Å². The van der Waals surface area contributed by atoms with Crippen molar-refractivity contribution in [3.05, 3.63) is 22.4 Å². The number of hydrogen-bond acceptors (Lipinski definition) is 4. The van der Waals surface area contributed by atoms with Gasteiger partial charge in [-0.05, 0) is 32.6 Å². The first-order valence-corrected chi connectivity index (χ1v) is 8.10. The summed E-state index contributed by atoms with van der Waals surface area (Å²) in [5.74, 6) is 1.61. The molecule has 0 aliphatic carbocycles. The summed E-state index contributed by atoms with van der Waals surface area (Å²) in [6, 6.07) is 2.42. The van der Waals surface area contributed by atoms with E-state index in [2.05, 4.69) is 36.0 Å². The van der Waals surface area contributed by atoms with Crippen molar-refractivity contribution in [3.63, 3.8) is 0 Å². The van der Waals surface area contributed by atoms with Crippen LogP contribution in [0.25, 0.3) is 5.65 Å². The third kappa shape index (κ3) is 2.34. The predicted octanol–water partition coefficient (Wildman–Crippen LogP) is 1.87. The van der Waals surface area contributed by atoms with Crippen molar-refractivity contribution in [1.29, 1.82) is 0 Å². The molecule has 1 fully saturated rings. The Morgan fingerprint density at radius 2 is 2.35 bits per heavy atom. The number of halogens is 1. The lowest BCUT2D eigenvalue weighted by Crippen LogP contribution is -2.40. The number of hydrogen-bond donors (Lipinski definition) is 1. The number of H-pyrrole nitrogens is 1. The molecule has 7 heteroatoms. The van der Waals surface area contributed by atoms with E-state index in [-0.39, 0.29) is 5.69 Å². The van der Waals surface area contributed by atoms with E-state index in [9.17, 15) is 4.79 Å². The number of piperidine rings is 1. The summed E-state index contributed by atoms with van der Waals surface area (Å²) in [6.45, 7) is 2.87. The Hall–Kier alpha value is -1.37. The zero-order chi connectivity index (χ0) is 14.1. The van der Waals surface area contributed by atoms with Crippen LogP contribution in [0.2, 0.25) is 0 Å². The van der Waals surface area contributed by atoms with Gasteiger partial charge in [0.15, 0.2) is 5.65 Å². The average molecular weight is 340 g/mol. The smallest absolute Gasteiger partial charge is 0.349 e. The van der Waals surface area contributed by atoms with Gasteiger partial charge in [0.1, 0.15) is 11.6 Å². The van der Waals surface area contributed by atoms with Crippen LogP contribution in [0.4, 0.5) is 5.82 Å². The van der Waals surface area contributed by atoms with Crippen LogP contribution in [0.15, 0.2) is 10.9 Å². The van der Waals surface area contributed by atoms with Crippen LogP contribution in [0.3, 0.4) is 0 Å². The van der Waals surface area contributed by atoms with Gasteiger partial charge in [0.25, 0.3) is 0 Å². The number of aromatic amines is 1. The second kappa shape index (κ2) is 5.55. The maximum absolute atomic E-state index is 11.6. The van der Waals surface area contributed by atoms with Crippen molar-refractivity contribution in [1.82, 2.24) is 19.6 Å². The summed E-state index contributed by atoms with van der Waals surface area (Å²) in [5.41, 5.74) is 0.410. The number of nitrogens with zero attached hydrogens (tertiary/aromatic N) is 4. The molecule has 20 heavy (non-hydrogen) atoms. The van der Waals surface area contributed by atoms with Gasteiger partial charge in [-0.15, -0.1) is 0 Å². The summed E-state index contributed by atoms with van der Waals surface area (Å²) in [5, 5.41) is 7.53. The molecule has 1 N–H and O–H groups in total. The second-order valence-electron chi connectivity index (χ2n) is 5.20. The second-order valence-corrected chi connectivity index (χ2v) is 6.00. The molecular weight excluding hydrogens is 322 g/mol. The van der Waals surface area contributed by atoms with Crippen LogP contribution >= 0.6 is 15.9 Å². The Bertz CT molecular complexity index is 662. The van der Waals surface area contributed by atoms with Crippen molar-refractivity contribution in [2.24, 2.45) is 0 Å². The van der Waals surface area contributed by atoms with E-state index in [0.717, 1.165) is 24.1 Å². The molecule has 1 aliphatic rings. The lowest BCUT2D eigenvalue weighted by Gasteiger charge is -2.36. The maximum atomic E-state index is 11.6. The molecule has 0 spiro atoms. The molecule has 1 aliphatic heterocycles. The van der Waals surface area contributed by atoms with E-state index in [1.807, 2.05) is 13.0 Å². The van der Waals surface area contributed by atoms with E-state index >= 15 is 0 Å². The van der Waals surface area contributed by atoms with Gasteiger partial charge in [-0.2, -0.15) is 5.10 Å². The number of nitrogens with one attached hydrogen (secondary N) is 1. The van der Waals surface area contributed by atoms with Gasteiger partial charge in [0, 0.05) is 24.0 Å². The SMILES string of the molecule is Cc1nc(N2CCCCC2CCBr)cc2n[nH]c(=O)n12. The Balaban J connectivity index is 2.02. The normalized spacial score (nSPS) is 19.7. The molecular formula is C13H18BrN5O. The molecule has 2 aromatic rings. The average Bonchev–Trinajstić information content (AvgIpc) is 2.82. The highest BCUT2D eigenvalue weighted by atomic mass is 79.9. The number of aromatic nitrogens is 4. The molecule has 0 saturated carbocycles. The van der Waals surface area contributed by atoms with Crippen LogP contribution in [0, 0.1) is 6.92 Å². The predicted molar refractivity (Wildman–Crippen MR) is 81.7 cm³/mol. The Labute approximate surface area is 125 Å². The topological polar surface area (TPSA) is 66.3 Å². The Morgan fingerprint density at radius 3 is 3.15 bits per heavy atom. The number of alkyl halides is 1. The van der Waals surface area contributed by atoms with Gasteiger partial charge < -0.3 is 4.90 Å². The molecule has 6 nitrogen and oxygen atoms in total. The lowest BCUT2D eigenvalue weighted by atomic mass is 10.00. The van der Waals surface area contributed by atoms with Gasteiger partial charge in [-0.25, -0.2) is 19.3 Å².